The van der Waals surface area contributed by atoms with Gasteiger partial charge in [-0.05, 0) is 37.3 Å². The predicted molar refractivity (Wildman–Crippen MR) is 109 cm³/mol. The van der Waals surface area contributed by atoms with E-state index in [-0.39, 0.29) is 25.0 Å². The van der Waals surface area contributed by atoms with Crippen molar-refractivity contribution in [2.75, 3.05) is 13.2 Å². The number of fused-ring (bicyclic) bond motifs is 4. The molecule has 0 saturated carbocycles. The summed E-state index contributed by atoms with van der Waals surface area (Å²) in [6, 6.07) is 11.2. The summed E-state index contributed by atoms with van der Waals surface area (Å²) in [6.07, 6.45) is 5.22. The Labute approximate surface area is 172 Å². The zero-order chi connectivity index (χ0) is 20.7. The van der Waals surface area contributed by atoms with Crippen LogP contribution in [0.15, 0.2) is 60.0 Å². The number of carbonyl (C=O) groups is 1. The fourth-order valence-electron chi connectivity index (χ4n) is 3.67. The quantitative estimate of drug-likeness (QED) is 0.715. The molecule has 1 aromatic carbocycles. The summed E-state index contributed by atoms with van der Waals surface area (Å²) in [4.78, 5) is 24.7. The van der Waals surface area contributed by atoms with Crippen molar-refractivity contribution in [3.05, 3.63) is 66.1 Å². The van der Waals surface area contributed by atoms with Crippen molar-refractivity contribution in [2.45, 2.75) is 12.5 Å². The van der Waals surface area contributed by atoms with Gasteiger partial charge in [0.2, 0.25) is 5.88 Å². The average Bonchev–Trinajstić information content (AvgIpc) is 3.15. The summed E-state index contributed by atoms with van der Waals surface area (Å²) in [7, 11) is 0. The first-order valence-electron chi connectivity index (χ1n) is 9.39. The molecule has 0 unspecified atom stereocenters. The monoisotopic (exact) mass is 402 g/mol. The molecule has 1 spiro atoms. The maximum absolute atomic E-state index is 11.3. The van der Waals surface area contributed by atoms with E-state index in [0.29, 0.717) is 17.4 Å². The van der Waals surface area contributed by atoms with Crippen LogP contribution in [0.1, 0.15) is 18.1 Å². The van der Waals surface area contributed by atoms with E-state index < -0.39 is 5.54 Å². The number of benzene rings is 1. The second-order valence-electron chi connectivity index (χ2n) is 7.17. The van der Waals surface area contributed by atoms with Crippen molar-refractivity contribution < 1.29 is 19.0 Å². The number of nitrogens with zero attached hydrogens (tertiary/aromatic N) is 3. The standard InChI is InChI=1S/C22H18N4O4/c1-13(27)11-28-16-4-5-19-17(8-16)22(12-29-21(23)26-22)18-7-15(10-25-20(18)30-19)14-3-2-6-24-9-14/h2-10H,11-12H2,1H3,(H2,23,26)/t22-/m1/s1. The molecular formula is C22H18N4O4. The molecule has 150 valence electrons. The maximum atomic E-state index is 11.3. The molecule has 2 aliphatic heterocycles. The van der Waals surface area contributed by atoms with E-state index in [1.165, 1.54) is 6.92 Å². The largest absolute Gasteiger partial charge is 0.486 e. The maximum Gasteiger partial charge on any atom is 0.283 e. The summed E-state index contributed by atoms with van der Waals surface area (Å²) >= 11 is 0. The number of hydrogen-bond acceptors (Lipinski definition) is 8. The number of amidine groups is 1. The van der Waals surface area contributed by atoms with Crippen molar-refractivity contribution in [1.82, 2.24) is 9.97 Å². The second-order valence-corrected chi connectivity index (χ2v) is 7.17. The molecule has 0 amide bonds. The number of aliphatic imine (C=N–C) groups is 1. The molecule has 30 heavy (non-hydrogen) atoms. The number of pyridine rings is 2. The van der Waals surface area contributed by atoms with Crippen molar-refractivity contribution in [3.63, 3.8) is 0 Å². The molecular weight excluding hydrogens is 384 g/mol. The molecule has 0 bridgehead atoms. The molecule has 8 nitrogen and oxygen atoms in total. The number of hydrogen-bond donors (Lipinski definition) is 1. The number of carbonyl (C=O) groups excluding carboxylic acids is 1. The number of nitrogens with two attached hydrogens (primary N) is 1. The highest BCUT2D eigenvalue weighted by atomic mass is 16.5. The Morgan fingerprint density at radius 2 is 2.10 bits per heavy atom. The van der Waals surface area contributed by atoms with Gasteiger partial charge in [0.05, 0.1) is 5.56 Å². The summed E-state index contributed by atoms with van der Waals surface area (Å²) < 4.78 is 17.2. The fraction of sp³-hybridized carbons (Fsp3) is 0.182. The van der Waals surface area contributed by atoms with Crippen LogP contribution < -0.4 is 15.2 Å². The highest BCUT2D eigenvalue weighted by molar-refractivity contribution is 5.78. The van der Waals surface area contributed by atoms with Crippen LogP contribution in [0.4, 0.5) is 0 Å². The second kappa shape index (κ2) is 6.84. The van der Waals surface area contributed by atoms with Gasteiger partial charge in [-0.1, -0.05) is 6.07 Å². The van der Waals surface area contributed by atoms with Crippen molar-refractivity contribution in [2.24, 2.45) is 10.7 Å². The third kappa shape index (κ3) is 2.93. The first kappa shape index (κ1) is 18.1. The third-order valence-corrected chi connectivity index (χ3v) is 5.07. The van der Waals surface area contributed by atoms with Gasteiger partial charge in [-0.15, -0.1) is 0 Å². The summed E-state index contributed by atoms with van der Waals surface area (Å²) in [5, 5.41) is 0. The average molecular weight is 402 g/mol. The van der Waals surface area contributed by atoms with Gasteiger partial charge in [0.25, 0.3) is 6.02 Å². The van der Waals surface area contributed by atoms with Crippen LogP contribution in [0.5, 0.6) is 17.4 Å². The third-order valence-electron chi connectivity index (χ3n) is 5.07. The first-order chi connectivity index (χ1) is 14.5. The zero-order valence-corrected chi connectivity index (χ0v) is 16.2. The Balaban J connectivity index is 1.66. The molecule has 2 N–H and O–H groups in total. The van der Waals surface area contributed by atoms with Crippen LogP contribution in [0, 0.1) is 0 Å². The highest BCUT2D eigenvalue weighted by Gasteiger charge is 2.48. The number of Topliss-reactive ketones (excluding diaryl/α,β-unsaturated/α-hetero) is 1. The van der Waals surface area contributed by atoms with Crippen LogP contribution in [-0.4, -0.2) is 35.0 Å². The van der Waals surface area contributed by atoms with Gasteiger partial charge in [-0.3, -0.25) is 9.78 Å². The van der Waals surface area contributed by atoms with Crippen molar-refractivity contribution in [1.29, 1.82) is 0 Å². The normalized spacial score (nSPS) is 18.6. The van der Waals surface area contributed by atoms with Crippen molar-refractivity contribution >= 4 is 11.8 Å². The summed E-state index contributed by atoms with van der Waals surface area (Å²) in [5.74, 6) is 1.49. The minimum absolute atomic E-state index is 0.0160. The molecule has 2 aromatic heterocycles. The van der Waals surface area contributed by atoms with Gasteiger partial charge >= 0.3 is 0 Å². The van der Waals surface area contributed by atoms with Crippen LogP contribution in [-0.2, 0) is 15.1 Å². The molecule has 0 saturated heterocycles. The van der Waals surface area contributed by atoms with Gasteiger partial charge in [0, 0.05) is 35.3 Å². The number of aromatic nitrogens is 2. The molecule has 0 fully saturated rings. The highest BCUT2D eigenvalue weighted by Crippen LogP contribution is 2.51. The van der Waals surface area contributed by atoms with E-state index in [1.54, 1.807) is 30.7 Å². The van der Waals surface area contributed by atoms with Gasteiger partial charge in [-0.2, -0.15) is 0 Å². The summed E-state index contributed by atoms with van der Waals surface area (Å²) in [5.41, 5.74) is 8.26. The van der Waals surface area contributed by atoms with Crippen LogP contribution in [0.2, 0.25) is 0 Å². The Kier molecular flexibility index (Phi) is 4.13. The summed E-state index contributed by atoms with van der Waals surface area (Å²) in [6.45, 7) is 1.66. The van der Waals surface area contributed by atoms with Crippen LogP contribution in [0.25, 0.3) is 11.1 Å². The Bertz CT molecular complexity index is 1180. The van der Waals surface area contributed by atoms with Crippen molar-refractivity contribution in [3.8, 4) is 28.5 Å². The van der Waals surface area contributed by atoms with Crippen LogP contribution >= 0.6 is 0 Å². The Hall–Kier alpha value is -3.94. The zero-order valence-electron chi connectivity index (χ0n) is 16.2. The predicted octanol–water partition coefficient (Wildman–Crippen LogP) is 2.81. The minimum Gasteiger partial charge on any atom is -0.486 e. The topological polar surface area (TPSA) is 109 Å². The number of ether oxygens (including phenoxy) is 3. The Morgan fingerprint density at radius 3 is 2.83 bits per heavy atom. The lowest BCUT2D eigenvalue weighted by Gasteiger charge is -2.33. The fourth-order valence-corrected chi connectivity index (χ4v) is 3.67. The molecule has 4 heterocycles. The molecule has 5 rings (SSSR count). The number of rotatable bonds is 4. The molecule has 0 aliphatic carbocycles. The van der Waals surface area contributed by atoms with E-state index in [1.807, 2.05) is 24.3 Å². The van der Waals surface area contributed by atoms with Gasteiger partial charge in [0.15, 0.2) is 11.3 Å². The SMILES string of the molecule is CC(=O)COc1ccc2c(c1)[C@]1(COC(N)=N1)c1cc(-c3cccnc3)cnc1O2. The van der Waals surface area contributed by atoms with E-state index in [2.05, 4.69) is 15.0 Å². The van der Waals surface area contributed by atoms with Crippen LogP contribution in [0.3, 0.4) is 0 Å². The van der Waals surface area contributed by atoms with E-state index in [4.69, 9.17) is 19.9 Å². The molecule has 3 aromatic rings. The van der Waals surface area contributed by atoms with Gasteiger partial charge < -0.3 is 19.9 Å². The lowest BCUT2D eigenvalue weighted by molar-refractivity contribution is -0.118. The van der Waals surface area contributed by atoms with E-state index in [9.17, 15) is 4.79 Å². The molecule has 8 heteroatoms. The molecule has 1 atom stereocenters. The van der Waals surface area contributed by atoms with Gasteiger partial charge in [-0.25, -0.2) is 9.98 Å². The minimum atomic E-state index is -0.923. The van der Waals surface area contributed by atoms with E-state index in [0.717, 1.165) is 22.3 Å². The lowest BCUT2D eigenvalue weighted by Crippen LogP contribution is -2.31. The Morgan fingerprint density at radius 1 is 1.20 bits per heavy atom. The number of ketones is 1. The first-order valence-corrected chi connectivity index (χ1v) is 9.39. The molecule has 2 aliphatic rings. The smallest absolute Gasteiger partial charge is 0.283 e. The molecule has 0 radical (unpaired) electrons. The van der Waals surface area contributed by atoms with Gasteiger partial charge in [0.1, 0.15) is 24.7 Å². The lowest BCUT2D eigenvalue weighted by atomic mass is 9.81. The van der Waals surface area contributed by atoms with E-state index >= 15 is 0 Å².